The second-order valence-corrected chi connectivity index (χ2v) is 5.62. The van der Waals surface area contributed by atoms with Crippen molar-refractivity contribution in [2.45, 2.75) is 33.1 Å². The number of halogens is 1. The van der Waals surface area contributed by atoms with Gasteiger partial charge in [-0.1, -0.05) is 43.3 Å². The molecule has 0 aromatic heterocycles. The Hall–Kier alpha value is -1.71. The van der Waals surface area contributed by atoms with Crippen molar-refractivity contribution < 1.29 is 4.39 Å². The van der Waals surface area contributed by atoms with Gasteiger partial charge < -0.3 is 5.32 Å². The summed E-state index contributed by atoms with van der Waals surface area (Å²) in [5.74, 6) is -0.110. The molecule has 0 radical (unpaired) electrons. The van der Waals surface area contributed by atoms with E-state index in [2.05, 4.69) is 35.3 Å². The lowest BCUT2D eigenvalue weighted by Crippen LogP contribution is -2.16. The van der Waals surface area contributed by atoms with Crippen LogP contribution in [0.1, 0.15) is 29.2 Å². The minimum absolute atomic E-state index is 0.110. The van der Waals surface area contributed by atoms with Crippen molar-refractivity contribution in [2.75, 3.05) is 6.54 Å². The third-order valence-corrected chi connectivity index (χ3v) is 3.99. The van der Waals surface area contributed by atoms with Gasteiger partial charge in [-0.2, -0.15) is 0 Å². The van der Waals surface area contributed by atoms with E-state index < -0.39 is 0 Å². The number of hydrogen-bond donors (Lipinski definition) is 1. The van der Waals surface area contributed by atoms with Gasteiger partial charge in [0.1, 0.15) is 5.82 Å². The van der Waals surface area contributed by atoms with E-state index in [0.29, 0.717) is 6.54 Å². The van der Waals surface area contributed by atoms with Crippen LogP contribution in [0.2, 0.25) is 0 Å². The molecular weight excluding hydrogens is 263 g/mol. The van der Waals surface area contributed by atoms with Crippen molar-refractivity contribution in [2.24, 2.45) is 0 Å². The molecule has 0 saturated carbocycles. The van der Waals surface area contributed by atoms with Crippen LogP contribution in [-0.2, 0) is 26.2 Å². The molecule has 0 amide bonds. The Morgan fingerprint density at radius 2 is 1.90 bits per heavy atom. The molecule has 1 N–H and O–H groups in total. The standard InChI is InChI=1S/C18H21FN2/c1-2-20-10-14-7-8-15-11-21(13-17(15)9-14)12-16-5-3-4-6-18(16)19/h3-9,20H,2,10-13H2,1H3. The molecule has 0 atom stereocenters. The zero-order valence-corrected chi connectivity index (χ0v) is 12.4. The smallest absolute Gasteiger partial charge is 0.127 e. The monoisotopic (exact) mass is 284 g/mol. The molecule has 21 heavy (non-hydrogen) atoms. The summed E-state index contributed by atoms with van der Waals surface area (Å²) in [6, 6.07) is 13.7. The third-order valence-electron chi connectivity index (χ3n) is 3.99. The number of rotatable bonds is 5. The molecule has 0 fully saturated rings. The predicted octanol–water partition coefficient (Wildman–Crippen LogP) is 3.45. The highest BCUT2D eigenvalue weighted by Crippen LogP contribution is 2.25. The van der Waals surface area contributed by atoms with E-state index in [-0.39, 0.29) is 5.82 Å². The number of hydrogen-bond acceptors (Lipinski definition) is 2. The maximum Gasteiger partial charge on any atom is 0.127 e. The van der Waals surface area contributed by atoms with Crippen LogP contribution in [0, 0.1) is 5.82 Å². The Morgan fingerprint density at radius 3 is 2.71 bits per heavy atom. The van der Waals surface area contributed by atoms with Crippen LogP contribution in [-0.4, -0.2) is 11.4 Å². The summed E-state index contributed by atoms with van der Waals surface area (Å²) >= 11 is 0. The number of fused-ring (bicyclic) bond motifs is 1. The molecule has 1 aliphatic rings. The summed E-state index contributed by atoms with van der Waals surface area (Å²) in [4.78, 5) is 2.29. The van der Waals surface area contributed by atoms with Gasteiger partial charge in [-0.3, -0.25) is 4.90 Å². The molecule has 1 aliphatic heterocycles. The van der Waals surface area contributed by atoms with E-state index >= 15 is 0 Å². The Bertz CT molecular complexity index is 624. The van der Waals surface area contributed by atoms with Crippen molar-refractivity contribution in [3.8, 4) is 0 Å². The Balaban J connectivity index is 1.68. The van der Waals surface area contributed by atoms with Gasteiger partial charge in [0.05, 0.1) is 0 Å². The SMILES string of the molecule is CCNCc1ccc2c(c1)CN(Cc1ccccc1F)C2. The van der Waals surface area contributed by atoms with Crippen LogP contribution in [0.25, 0.3) is 0 Å². The first-order valence-corrected chi connectivity index (χ1v) is 7.53. The molecule has 3 heteroatoms. The van der Waals surface area contributed by atoms with Gasteiger partial charge in [0.25, 0.3) is 0 Å². The minimum atomic E-state index is -0.110. The average molecular weight is 284 g/mol. The lowest BCUT2D eigenvalue weighted by Gasteiger charge is -2.15. The Kier molecular flexibility index (Phi) is 4.32. The zero-order valence-electron chi connectivity index (χ0n) is 12.4. The Labute approximate surface area is 125 Å². The largest absolute Gasteiger partial charge is 0.313 e. The molecule has 2 aromatic rings. The first-order chi connectivity index (χ1) is 10.3. The first-order valence-electron chi connectivity index (χ1n) is 7.53. The minimum Gasteiger partial charge on any atom is -0.313 e. The number of nitrogens with zero attached hydrogens (tertiary/aromatic N) is 1. The van der Waals surface area contributed by atoms with Crippen LogP contribution >= 0.6 is 0 Å². The molecule has 1 heterocycles. The molecule has 3 rings (SSSR count). The molecular formula is C18H21FN2. The van der Waals surface area contributed by atoms with E-state index in [4.69, 9.17) is 0 Å². The topological polar surface area (TPSA) is 15.3 Å². The van der Waals surface area contributed by atoms with Crippen molar-refractivity contribution in [3.05, 3.63) is 70.5 Å². The fourth-order valence-electron chi connectivity index (χ4n) is 2.88. The quantitative estimate of drug-likeness (QED) is 0.904. The summed E-state index contributed by atoms with van der Waals surface area (Å²) in [7, 11) is 0. The van der Waals surface area contributed by atoms with Crippen LogP contribution in [0.15, 0.2) is 42.5 Å². The maximum absolute atomic E-state index is 13.7. The van der Waals surface area contributed by atoms with Gasteiger partial charge in [-0.25, -0.2) is 4.39 Å². The highest BCUT2D eigenvalue weighted by Gasteiger charge is 2.20. The fourth-order valence-corrected chi connectivity index (χ4v) is 2.88. The number of benzene rings is 2. The summed E-state index contributed by atoms with van der Waals surface area (Å²) in [5, 5.41) is 3.35. The maximum atomic E-state index is 13.7. The van der Waals surface area contributed by atoms with Gasteiger partial charge in [-0.05, 0) is 29.3 Å². The normalized spacial score (nSPS) is 14.4. The summed E-state index contributed by atoms with van der Waals surface area (Å²) in [6.45, 7) is 6.50. The molecule has 0 spiro atoms. The van der Waals surface area contributed by atoms with Crippen molar-refractivity contribution in [3.63, 3.8) is 0 Å². The van der Waals surface area contributed by atoms with E-state index in [1.807, 2.05) is 12.1 Å². The van der Waals surface area contributed by atoms with Gasteiger partial charge in [0.2, 0.25) is 0 Å². The molecule has 110 valence electrons. The lowest BCUT2D eigenvalue weighted by atomic mass is 10.1. The van der Waals surface area contributed by atoms with Crippen LogP contribution in [0.5, 0.6) is 0 Å². The molecule has 2 nitrogen and oxygen atoms in total. The third kappa shape index (κ3) is 3.31. The van der Waals surface area contributed by atoms with Crippen LogP contribution in [0.3, 0.4) is 0 Å². The highest BCUT2D eigenvalue weighted by atomic mass is 19.1. The molecule has 0 aliphatic carbocycles. The number of nitrogens with one attached hydrogen (secondary N) is 1. The van der Waals surface area contributed by atoms with Gasteiger partial charge in [0.15, 0.2) is 0 Å². The van der Waals surface area contributed by atoms with E-state index in [0.717, 1.165) is 31.7 Å². The second kappa shape index (κ2) is 6.37. The van der Waals surface area contributed by atoms with Crippen LogP contribution < -0.4 is 5.32 Å². The predicted molar refractivity (Wildman–Crippen MR) is 83.2 cm³/mol. The second-order valence-electron chi connectivity index (χ2n) is 5.62. The summed E-state index contributed by atoms with van der Waals surface area (Å²) < 4.78 is 13.7. The van der Waals surface area contributed by atoms with E-state index in [9.17, 15) is 4.39 Å². The summed E-state index contributed by atoms with van der Waals surface area (Å²) in [5.41, 5.74) is 4.84. The van der Waals surface area contributed by atoms with Gasteiger partial charge >= 0.3 is 0 Å². The molecule has 0 bridgehead atoms. The van der Waals surface area contributed by atoms with Crippen molar-refractivity contribution >= 4 is 0 Å². The van der Waals surface area contributed by atoms with Crippen molar-refractivity contribution in [1.29, 1.82) is 0 Å². The van der Waals surface area contributed by atoms with E-state index in [1.165, 1.54) is 22.8 Å². The zero-order chi connectivity index (χ0) is 14.7. The van der Waals surface area contributed by atoms with Crippen LogP contribution in [0.4, 0.5) is 4.39 Å². The molecule has 2 aromatic carbocycles. The fraction of sp³-hybridized carbons (Fsp3) is 0.333. The highest BCUT2D eigenvalue weighted by molar-refractivity contribution is 5.35. The Morgan fingerprint density at radius 1 is 1.10 bits per heavy atom. The van der Waals surface area contributed by atoms with Gasteiger partial charge in [0, 0.05) is 31.7 Å². The van der Waals surface area contributed by atoms with Crippen molar-refractivity contribution in [1.82, 2.24) is 10.2 Å². The molecule has 0 saturated heterocycles. The summed E-state index contributed by atoms with van der Waals surface area (Å²) in [6.07, 6.45) is 0. The van der Waals surface area contributed by atoms with E-state index in [1.54, 1.807) is 6.07 Å². The lowest BCUT2D eigenvalue weighted by molar-refractivity contribution is 0.271. The van der Waals surface area contributed by atoms with Gasteiger partial charge in [-0.15, -0.1) is 0 Å². The molecule has 0 unspecified atom stereocenters. The first kappa shape index (κ1) is 14.2. The average Bonchev–Trinajstić information content (AvgIpc) is 2.89.